The lowest BCUT2D eigenvalue weighted by Crippen LogP contribution is -2.15. The maximum Gasteiger partial charge on any atom is 0.263 e. The van der Waals surface area contributed by atoms with Crippen molar-refractivity contribution in [2.45, 2.75) is 30.3 Å². The number of hydrogen-bond donors (Lipinski definition) is 3. The first kappa shape index (κ1) is 14.9. The molecule has 112 valence electrons. The molecule has 1 aromatic carbocycles. The van der Waals surface area contributed by atoms with Crippen LogP contribution in [-0.2, 0) is 16.6 Å². The van der Waals surface area contributed by atoms with Crippen molar-refractivity contribution in [2.75, 3.05) is 4.72 Å². The van der Waals surface area contributed by atoms with E-state index < -0.39 is 10.0 Å². The first-order valence-corrected chi connectivity index (χ1v) is 9.28. The maximum absolute atomic E-state index is 12.3. The van der Waals surface area contributed by atoms with Gasteiger partial charge < -0.3 is 10.3 Å². The van der Waals surface area contributed by atoms with E-state index in [-0.39, 0.29) is 4.90 Å². The molecule has 1 aliphatic carbocycles. The number of anilines is 1. The Hall–Kier alpha value is -1.06. The van der Waals surface area contributed by atoms with Crippen molar-refractivity contribution in [1.29, 1.82) is 0 Å². The van der Waals surface area contributed by atoms with Gasteiger partial charge in [-0.05, 0) is 65.8 Å². The highest BCUT2D eigenvalue weighted by Crippen LogP contribution is 2.21. The minimum Gasteiger partial charge on any atom is -0.363 e. The second-order valence-electron chi connectivity index (χ2n) is 5.13. The van der Waals surface area contributed by atoms with Gasteiger partial charge in [0, 0.05) is 33.7 Å². The summed E-state index contributed by atoms with van der Waals surface area (Å²) >= 11 is 2.18. The second kappa shape index (κ2) is 5.98. The number of H-pyrrole nitrogens is 1. The number of sulfonamides is 1. The molecule has 1 saturated carbocycles. The predicted molar refractivity (Wildman–Crippen MR) is 90.6 cm³/mol. The fourth-order valence-electron chi connectivity index (χ4n) is 1.95. The van der Waals surface area contributed by atoms with Crippen molar-refractivity contribution in [2.24, 2.45) is 0 Å². The monoisotopic (exact) mass is 417 g/mol. The van der Waals surface area contributed by atoms with Crippen LogP contribution in [0.2, 0.25) is 0 Å². The van der Waals surface area contributed by atoms with Gasteiger partial charge in [0.05, 0.1) is 0 Å². The number of nitrogens with one attached hydrogen (secondary N) is 3. The third kappa shape index (κ3) is 3.98. The Morgan fingerprint density at radius 2 is 1.95 bits per heavy atom. The molecule has 2 aromatic rings. The molecule has 0 amide bonds. The van der Waals surface area contributed by atoms with Crippen molar-refractivity contribution in [3.8, 4) is 0 Å². The molecule has 1 fully saturated rings. The molecule has 0 saturated heterocycles. The van der Waals surface area contributed by atoms with Gasteiger partial charge >= 0.3 is 0 Å². The average molecular weight is 417 g/mol. The number of benzene rings is 1. The Morgan fingerprint density at radius 3 is 2.62 bits per heavy atom. The summed E-state index contributed by atoms with van der Waals surface area (Å²) in [5.74, 6) is 0. The standard InChI is InChI=1S/C14H16IN3O2S/c15-10-1-3-12(4-2-10)18-21(19,20)14-7-13(17-9-14)8-16-11-5-6-11/h1-4,7,9,11,16-18H,5-6,8H2. The van der Waals surface area contributed by atoms with Crippen LogP contribution in [0.1, 0.15) is 18.5 Å². The SMILES string of the molecule is O=S(=O)(Nc1ccc(I)cc1)c1c[nH]c(CNC2CC2)c1. The quantitative estimate of drug-likeness (QED) is 0.633. The van der Waals surface area contributed by atoms with Crippen molar-refractivity contribution >= 4 is 38.3 Å². The van der Waals surface area contributed by atoms with Gasteiger partial charge in [-0.1, -0.05) is 0 Å². The van der Waals surface area contributed by atoms with Gasteiger partial charge in [0.1, 0.15) is 4.90 Å². The largest absolute Gasteiger partial charge is 0.363 e. The third-order valence-electron chi connectivity index (χ3n) is 3.28. The predicted octanol–water partition coefficient (Wildman–Crippen LogP) is 2.67. The summed E-state index contributed by atoms with van der Waals surface area (Å²) in [6.07, 6.45) is 3.94. The van der Waals surface area contributed by atoms with Gasteiger partial charge in [-0.15, -0.1) is 0 Å². The van der Waals surface area contributed by atoms with Crippen LogP contribution in [0.4, 0.5) is 5.69 Å². The van der Waals surface area contributed by atoms with Crippen LogP contribution in [0.3, 0.4) is 0 Å². The summed E-state index contributed by atoms with van der Waals surface area (Å²) in [4.78, 5) is 3.27. The molecule has 0 bridgehead atoms. The van der Waals surface area contributed by atoms with E-state index in [2.05, 4.69) is 37.6 Å². The molecule has 0 unspecified atom stereocenters. The van der Waals surface area contributed by atoms with Crippen molar-refractivity contribution < 1.29 is 8.42 Å². The molecule has 0 atom stereocenters. The normalized spacial score (nSPS) is 15.1. The molecule has 1 heterocycles. The van der Waals surface area contributed by atoms with Crippen molar-refractivity contribution in [3.63, 3.8) is 0 Å². The molecule has 0 aliphatic heterocycles. The molecular weight excluding hydrogens is 401 g/mol. The Bertz CT molecular complexity index is 721. The average Bonchev–Trinajstić information content (AvgIpc) is 3.15. The van der Waals surface area contributed by atoms with E-state index in [0.717, 1.165) is 9.26 Å². The summed E-state index contributed by atoms with van der Waals surface area (Å²) in [6.45, 7) is 0.670. The zero-order valence-electron chi connectivity index (χ0n) is 11.3. The molecule has 5 nitrogen and oxygen atoms in total. The summed E-state index contributed by atoms with van der Waals surface area (Å²) in [7, 11) is -3.54. The number of aromatic nitrogens is 1. The van der Waals surface area contributed by atoms with Crippen molar-refractivity contribution in [1.82, 2.24) is 10.3 Å². The van der Waals surface area contributed by atoms with Gasteiger partial charge in [0.25, 0.3) is 10.0 Å². The zero-order valence-corrected chi connectivity index (χ0v) is 14.2. The van der Waals surface area contributed by atoms with Gasteiger partial charge in [0.15, 0.2) is 0 Å². The first-order valence-electron chi connectivity index (χ1n) is 6.72. The molecule has 1 aromatic heterocycles. The number of aromatic amines is 1. The molecule has 21 heavy (non-hydrogen) atoms. The molecule has 7 heteroatoms. The highest BCUT2D eigenvalue weighted by atomic mass is 127. The Labute approximate surface area is 137 Å². The number of rotatable bonds is 6. The van der Waals surface area contributed by atoms with Gasteiger partial charge in [-0.25, -0.2) is 8.42 Å². The van der Waals surface area contributed by atoms with Gasteiger partial charge in [-0.2, -0.15) is 0 Å². The van der Waals surface area contributed by atoms with E-state index in [0.29, 0.717) is 18.3 Å². The topological polar surface area (TPSA) is 74.0 Å². The summed E-state index contributed by atoms with van der Waals surface area (Å²) in [5.41, 5.74) is 1.44. The lowest BCUT2D eigenvalue weighted by atomic mass is 10.3. The third-order valence-corrected chi connectivity index (χ3v) is 5.36. The maximum atomic E-state index is 12.3. The fourth-order valence-corrected chi connectivity index (χ4v) is 3.39. The Kier molecular flexibility index (Phi) is 4.23. The molecule has 0 radical (unpaired) electrons. The number of hydrogen-bond acceptors (Lipinski definition) is 3. The molecule has 3 N–H and O–H groups in total. The van der Waals surface area contributed by atoms with Crippen LogP contribution in [0.25, 0.3) is 0 Å². The van der Waals surface area contributed by atoms with E-state index in [1.54, 1.807) is 18.2 Å². The summed E-state index contributed by atoms with van der Waals surface area (Å²) < 4.78 is 28.2. The molecule has 0 spiro atoms. The van der Waals surface area contributed by atoms with Crippen LogP contribution in [0.15, 0.2) is 41.4 Å². The summed E-state index contributed by atoms with van der Waals surface area (Å²) in [6, 6.07) is 9.49. The van der Waals surface area contributed by atoms with E-state index in [1.807, 2.05) is 12.1 Å². The molecule has 3 rings (SSSR count). The molecule has 1 aliphatic rings. The van der Waals surface area contributed by atoms with Crippen molar-refractivity contribution in [3.05, 3.63) is 45.8 Å². The summed E-state index contributed by atoms with van der Waals surface area (Å²) in [5, 5.41) is 3.35. The second-order valence-corrected chi connectivity index (χ2v) is 8.06. The van der Waals surface area contributed by atoms with Crippen LogP contribution in [0, 0.1) is 3.57 Å². The lowest BCUT2D eigenvalue weighted by molar-refractivity contribution is 0.601. The minimum atomic E-state index is -3.54. The van der Waals surface area contributed by atoms with Crippen LogP contribution in [0.5, 0.6) is 0 Å². The highest BCUT2D eigenvalue weighted by molar-refractivity contribution is 14.1. The van der Waals surface area contributed by atoms with Gasteiger partial charge in [-0.3, -0.25) is 4.72 Å². The minimum absolute atomic E-state index is 0.258. The zero-order chi connectivity index (χ0) is 14.9. The van der Waals surface area contributed by atoms with E-state index in [9.17, 15) is 8.42 Å². The first-order chi connectivity index (χ1) is 10.0. The van der Waals surface area contributed by atoms with Crippen LogP contribution in [-0.4, -0.2) is 19.4 Å². The van der Waals surface area contributed by atoms with Crippen LogP contribution >= 0.6 is 22.6 Å². The van der Waals surface area contributed by atoms with E-state index in [1.165, 1.54) is 19.0 Å². The van der Waals surface area contributed by atoms with E-state index >= 15 is 0 Å². The fraction of sp³-hybridized carbons (Fsp3) is 0.286. The Morgan fingerprint density at radius 1 is 1.24 bits per heavy atom. The van der Waals surface area contributed by atoms with Crippen LogP contribution < -0.4 is 10.0 Å². The lowest BCUT2D eigenvalue weighted by Gasteiger charge is -2.06. The molecular formula is C14H16IN3O2S. The highest BCUT2D eigenvalue weighted by Gasteiger charge is 2.21. The van der Waals surface area contributed by atoms with Gasteiger partial charge in [0.2, 0.25) is 0 Å². The Balaban J connectivity index is 1.69. The smallest absolute Gasteiger partial charge is 0.263 e. The van der Waals surface area contributed by atoms with E-state index in [4.69, 9.17) is 0 Å². The number of halogens is 1.